The van der Waals surface area contributed by atoms with Crippen molar-refractivity contribution in [2.75, 3.05) is 0 Å². The lowest BCUT2D eigenvalue weighted by Gasteiger charge is -2.11. The molecule has 0 aliphatic heterocycles. The molecule has 0 atom stereocenters. The average Bonchev–Trinajstić information content (AvgIpc) is 2.77. The van der Waals surface area contributed by atoms with Crippen molar-refractivity contribution >= 4 is 0 Å². The van der Waals surface area contributed by atoms with Crippen molar-refractivity contribution in [2.24, 2.45) is 0 Å². The van der Waals surface area contributed by atoms with Crippen LogP contribution in [0.3, 0.4) is 0 Å². The largest absolute Gasteiger partial charge is 0.458 e. The molecule has 0 amide bonds. The first-order chi connectivity index (χ1) is 17.0. The van der Waals surface area contributed by atoms with E-state index in [2.05, 4.69) is 0 Å². The number of hydrogen-bond acceptors (Lipinski definition) is 0. The second-order valence-corrected chi connectivity index (χ2v) is 8.02. The zero-order chi connectivity index (χ0) is 26.5. The summed E-state index contributed by atoms with van der Waals surface area (Å²) in [6, 6.07) is 7.93. The van der Waals surface area contributed by atoms with Crippen LogP contribution < -0.4 is 0 Å². The van der Waals surface area contributed by atoms with Crippen molar-refractivity contribution in [2.45, 2.75) is 38.8 Å². The lowest BCUT2D eigenvalue weighted by Crippen LogP contribution is -2.04. The topological polar surface area (TPSA) is 0 Å². The summed E-state index contributed by atoms with van der Waals surface area (Å²) in [5, 5.41) is 0. The van der Waals surface area contributed by atoms with Gasteiger partial charge in [-0.2, -0.15) is 13.2 Å². The van der Waals surface area contributed by atoms with E-state index in [1.807, 2.05) is 19.1 Å². The Morgan fingerprint density at radius 1 is 0.722 bits per heavy atom. The molecule has 0 saturated carbocycles. The number of alkyl halides is 3. The lowest BCUT2D eigenvalue weighted by atomic mass is 9.97. The molecular formula is C28H20F8. The highest BCUT2D eigenvalue weighted by Crippen LogP contribution is 2.29. The van der Waals surface area contributed by atoms with Crippen LogP contribution in [0, 0.1) is 40.9 Å². The minimum Gasteiger partial charge on any atom is -0.207 e. The quantitative estimate of drug-likeness (QED) is 0.171. The van der Waals surface area contributed by atoms with Crippen molar-refractivity contribution in [3.8, 4) is 23.0 Å². The van der Waals surface area contributed by atoms with Gasteiger partial charge >= 0.3 is 6.18 Å². The summed E-state index contributed by atoms with van der Waals surface area (Å²) in [5.74, 6) is -2.99. The normalized spacial score (nSPS) is 11.6. The van der Waals surface area contributed by atoms with Gasteiger partial charge in [0.15, 0.2) is 0 Å². The van der Waals surface area contributed by atoms with Crippen LogP contribution >= 0.6 is 0 Å². The molecule has 0 fully saturated rings. The predicted molar refractivity (Wildman–Crippen MR) is 122 cm³/mol. The highest BCUT2D eigenvalue weighted by atomic mass is 19.4. The van der Waals surface area contributed by atoms with Crippen LogP contribution in [0.2, 0.25) is 0 Å². The fraction of sp³-hybridized carbons (Fsp3) is 0.214. The Labute approximate surface area is 203 Å². The Balaban J connectivity index is 1.79. The molecule has 0 N–H and O–H groups in total. The van der Waals surface area contributed by atoms with Crippen LogP contribution in [0.5, 0.6) is 0 Å². The van der Waals surface area contributed by atoms with Gasteiger partial charge < -0.3 is 0 Å². The maximum absolute atomic E-state index is 14.7. The molecule has 0 saturated heterocycles. The first-order valence-electron chi connectivity index (χ1n) is 10.9. The smallest absolute Gasteiger partial charge is 0.207 e. The third-order valence-corrected chi connectivity index (χ3v) is 5.42. The van der Waals surface area contributed by atoms with Crippen molar-refractivity contribution < 1.29 is 35.1 Å². The van der Waals surface area contributed by atoms with Gasteiger partial charge in [-0.15, -0.1) is 0 Å². The molecule has 3 rings (SSSR count). The molecule has 0 nitrogen and oxygen atoms in total. The maximum Gasteiger partial charge on any atom is 0.458 e. The minimum atomic E-state index is -4.92. The van der Waals surface area contributed by atoms with Crippen LogP contribution in [0.4, 0.5) is 35.1 Å². The SMILES string of the molecule is CC=CCCc1ccc(-c2cc(F)c(CCc3cc(F)c(C#CC(F)(F)F)c(F)c3)c(F)c2)c(F)c1. The van der Waals surface area contributed by atoms with Gasteiger partial charge in [0, 0.05) is 17.0 Å². The molecule has 3 aromatic carbocycles. The van der Waals surface area contributed by atoms with Gasteiger partial charge in [-0.1, -0.05) is 30.2 Å². The monoisotopic (exact) mass is 508 g/mol. The molecule has 3 aromatic rings. The van der Waals surface area contributed by atoms with E-state index in [1.54, 1.807) is 6.07 Å². The van der Waals surface area contributed by atoms with Crippen LogP contribution in [0.15, 0.2) is 54.6 Å². The number of allylic oxidation sites excluding steroid dienone is 2. The highest BCUT2D eigenvalue weighted by molar-refractivity contribution is 5.65. The van der Waals surface area contributed by atoms with Crippen molar-refractivity contribution in [3.63, 3.8) is 0 Å². The van der Waals surface area contributed by atoms with Crippen LogP contribution in [0.25, 0.3) is 11.1 Å². The van der Waals surface area contributed by atoms with Crippen molar-refractivity contribution in [1.82, 2.24) is 0 Å². The van der Waals surface area contributed by atoms with Gasteiger partial charge in [0.2, 0.25) is 0 Å². The molecule has 0 bridgehead atoms. The Bertz CT molecular complexity index is 1290. The first kappa shape index (κ1) is 27.0. The van der Waals surface area contributed by atoms with Gasteiger partial charge in [-0.25, -0.2) is 22.0 Å². The van der Waals surface area contributed by atoms with Gasteiger partial charge in [-0.05, 0) is 79.6 Å². The number of aryl methyl sites for hydroxylation is 2. The number of hydrogen-bond donors (Lipinski definition) is 0. The van der Waals surface area contributed by atoms with E-state index in [1.165, 1.54) is 18.1 Å². The van der Waals surface area contributed by atoms with E-state index in [0.29, 0.717) is 6.42 Å². The van der Waals surface area contributed by atoms with E-state index in [9.17, 15) is 35.1 Å². The van der Waals surface area contributed by atoms with E-state index in [-0.39, 0.29) is 35.1 Å². The summed E-state index contributed by atoms with van der Waals surface area (Å²) in [5.41, 5.74) is -0.687. The third-order valence-electron chi connectivity index (χ3n) is 5.42. The Kier molecular flexibility index (Phi) is 8.57. The van der Waals surface area contributed by atoms with E-state index >= 15 is 0 Å². The third kappa shape index (κ3) is 6.97. The van der Waals surface area contributed by atoms with Gasteiger partial charge in [-0.3, -0.25) is 0 Å². The molecule has 0 aliphatic rings. The predicted octanol–water partition coefficient (Wildman–Crippen LogP) is 8.26. The molecular weight excluding hydrogens is 488 g/mol. The fourth-order valence-electron chi connectivity index (χ4n) is 3.65. The van der Waals surface area contributed by atoms with Crippen LogP contribution in [-0.2, 0) is 19.3 Å². The van der Waals surface area contributed by atoms with Gasteiger partial charge in [0.05, 0.1) is 5.56 Å². The first-order valence-corrected chi connectivity index (χ1v) is 10.9. The Morgan fingerprint density at radius 2 is 1.33 bits per heavy atom. The summed E-state index contributed by atoms with van der Waals surface area (Å²) in [6.45, 7) is 1.88. The molecule has 0 heterocycles. The van der Waals surface area contributed by atoms with E-state index in [4.69, 9.17) is 0 Å². The number of halogens is 8. The second kappa shape index (κ2) is 11.4. The summed E-state index contributed by atoms with van der Waals surface area (Å²) in [4.78, 5) is 0. The molecule has 36 heavy (non-hydrogen) atoms. The molecule has 8 heteroatoms. The van der Waals surface area contributed by atoms with Crippen molar-refractivity contribution in [3.05, 3.63) is 106 Å². The lowest BCUT2D eigenvalue weighted by molar-refractivity contribution is -0.0696. The molecule has 0 aliphatic carbocycles. The molecule has 0 spiro atoms. The Morgan fingerprint density at radius 3 is 1.89 bits per heavy atom. The van der Waals surface area contributed by atoms with Gasteiger partial charge in [0.1, 0.15) is 29.1 Å². The summed E-state index contributed by atoms with van der Waals surface area (Å²) >= 11 is 0. The maximum atomic E-state index is 14.7. The standard InChI is InChI=1S/C28H20F8/c1-2-3-4-5-17-6-8-20(23(29)12-17)19-15-26(32)21(27(33)16-19)9-7-18-13-24(30)22(25(31)14-18)10-11-28(34,35)36/h2-3,6,8,12-16H,4-5,7,9H2,1H3. The second-order valence-electron chi connectivity index (χ2n) is 8.02. The summed E-state index contributed by atoms with van der Waals surface area (Å²) in [7, 11) is 0. The number of benzene rings is 3. The van der Waals surface area contributed by atoms with E-state index in [0.717, 1.165) is 42.2 Å². The van der Waals surface area contributed by atoms with Gasteiger partial charge in [0.25, 0.3) is 0 Å². The fourth-order valence-corrected chi connectivity index (χ4v) is 3.65. The number of rotatable bonds is 7. The molecule has 0 aromatic heterocycles. The molecule has 0 unspecified atom stereocenters. The summed E-state index contributed by atoms with van der Waals surface area (Å²) < 4.78 is 109. The van der Waals surface area contributed by atoms with Crippen LogP contribution in [0.1, 0.15) is 35.6 Å². The van der Waals surface area contributed by atoms with Crippen molar-refractivity contribution in [1.29, 1.82) is 0 Å². The zero-order valence-electron chi connectivity index (χ0n) is 19.0. The molecule has 188 valence electrons. The van der Waals surface area contributed by atoms with Crippen LogP contribution in [-0.4, -0.2) is 6.18 Å². The Hall–Kier alpha value is -3.60. The van der Waals surface area contributed by atoms with E-state index < -0.39 is 40.8 Å². The molecule has 0 radical (unpaired) electrons. The average molecular weight is 508 g/mol. The minimum absolute atomic E-state index is 0.00376. The zero-order valence-corrected chi connectivity index (χ0v) is 19.0. The highest BCUT2D eigenvalue weighted by Gasteiger charge is 2.23. The summed E-state index contributed by atoms with van der Waals surface area (Å²) in [6.07, 6.45) is -0.261.